The Morgan fingerprint density at radius 2 is 2.03 bits per heavy atom. The molecule has 31 heavy (non-hydrogen) atoms. The number of thioether (sulfide) groups is 1. The van der Waals surface area contributed by atoms with Gasteiger partial charge in [-0.1, -0.05) is 11.8 Å². The van der Waals surface area contributed by atoms with Crippen molar-refractivity contribution in [3.05, 3.63) is 35.4 Å². The van der Waals surface area contributed by atoms with Gasteiger partial charge in [-0.25, -0.2) is 14.5 Å². The Bertz CT molecular complexity index is 1400. The van der Waals surface area contributed by atoms with Gasteiger partial charge in [0.1, 0.15) is 16.9 Å². The van der Waals surface area contributed by atoms with E-state index in [1.54, 1.807) is 15.4 Å². The third-order valence-corrected chi connectivity index (χ3v) is 6.39. The molecule has 0 bridgehead atoms. The van der Waals surface area contributed by atoms with Crippen LogP contribution in [0.2, 0.25) is 0 Å². The molecular weight excluding hydrogens is 451 g/mol. The Balaban J connectivity index is 1.43. The van der Waals surface area contributed by atoms with Gasteiger partial charge >= 0.3 is 6.18 Å². The summed E-state index contributed by atoms with van der Waals surface area (Å²) in [5.74, 6) is 1.34. The molecule has 0 amide bonds. The van der Waals surface area contributed by atoms with Crippen molar-refractivity contribution in [3.8, 4) is 11.5 Å². The van der Waals surface area contributed by atoms with Gasteiger partial charge in [-0.2, -0.15) is 18.3 Å². The van der Waals surface area contributed by atoms with Gasteiger partial charge < -0.3 is 4.57 Å². The van der Waals surface area contributed by atoms with E-state index in [1.807, 2.05) is 18.4 Å². The van der Waals surface area contributed by atoms with Crippen LogP contribution in [0.1, 0.15) is 18.4 Å². The number of thiophene rings is 1. The number of alkyl halides is 3. The molecule has 0 fully saturated rings. The molecule has 5 aromatic heterocycles. The van der Waals surface area contributed by atoms with Crippen LogP contribution >= 0.6 is 23.1 Å². The number of nitrogens with zero attached hydrogens (tertiary/aromatic N) is 9. The molecule has 0 aliphatic rings. The van der Waals surface area contributed by atoms with Crippen molar-refractivity contribution in [3.63, 3.8) is 0 Å². The van der Waals surface area contributed by atoms with Crippen LogP contribution in [-0.4, -0.2) is 44.1 Å². The lowest BCUT2D eigenvalue weighted by atomic mass is 10.3. The first kappa shape index (κ1) is 19.9. The Hall–Kier alpha value is -3.00. The summed E-state index contributed by atoms with van der Waals surface area (Å²) in [7, 11) is 1.45. The molecule has 0 aliphatic heterocycles. The zero-order chi connectivity index (χ0) is 21.8. The number of fused-ring (bicyclic) bond motifs is 3. The van der Waals surface area contributed by atoms with Gasteiger partial charge in [0.25, 0.3) is 0 Å². The molecule has 0 atom stereocenters. The lowest BCUT2D eigenvalue weighted by Crippen LogP contribution is -2.06. The molecule has 160 valence electrons. The molecule has 14 heteroatoms. The van der Waals surface area contributed by atoms with Gasteiger partial charge in [0.15, 0.2) is 28.1 Å². The van der Waals surface area contributed by atoms with Crippen LogP contribution in [0.15, 0.2) is 29.0 Å². The second-order valence-electron chi connectivity index (χ2n) is 6.56. The fourth-order valence-corrected chi connectivity index (χ4v) is 4.76. The number of aromatic nitrogens is 9. The second-order valence-corrected chi connectivity index (χ2v) is 8.39. The average Bonchev–Trinajstić information content (AvgIpc) is 3.48. The summed E-state index contributed by atoms with van der Waals surface area (Å²) in [6.45, 7) is 2.36. The predicted molar refractivity (Wildman–Crippen MR) is 109 cm³/mol. The molecule has 0 aliphatic carbocycles. The molecule has 0 saturated heterocycles. The summed E-state index contributed by atoms with van der Waals surface area (Å²) in [6.07, 6.45) is -2.90. The molecule has 5 rings (SSSR count). The third kappa shape index (κ3) is 3.44. The highest BCUT2D eigenvalue weighted by molar-refractivity contribution is 7.98. The predicted octanol–water partition coefficient (Wildman–Crippen LogP) is 3.66. The standard InChI is InChI=1S/C17H14F3N9S2/c1-3-28-14(10-6-11(17(18,19)20)25-27(10)2)23-24-16(28)31-7-12-22-13-9-4-5-30-15(9)21-8-29(13)26-12/h4-6,8H,3,7H2,1-2H3. The molecule has 0 saturated carbocycles. The molecule has 0 aromatic carbocycles. The summed E-state index contributed by atoms with van der Waals surface area (Å²) in [6, 6.07) is 2.93. The summed E-state index contributed by atoms with van der Waals surface area (Å²) >= 11 is 2.90. The third-order valence-electron chi connectivity index (χ3n) is 4.61. The fourth-order valence-electron chi connectivity index (χ4n) is 3.19. The van der Waals surface area contributed by atoms with Crippen LogP contribution in [0.25, 0.3) is 27.4 Å². The molecule has 0 N–H and O–H groups in total. The van der Waals surface area contributed by atoms with Crippen molar-refractivity contribution < 1.29 is 13.2 Å². The van der Waals surface area contributed by atoms with E-state index < -0.39 is 11.9 Å². The van der Waals surface area contributed by atoms with Crippen LogP contribution in [0.3, 0.4) is 0 Å². The Morgan fingerprint density at radius 1 is 1.19 bits per heavy atom. The van der Waals surface area contributed by atoms with Crippen molar-refractivity contribution in [1.82, 2.24) is 44.1 Å². The Kier molecular flexibility index (Phi) is 4.69. The molecule has 0 spiro atoms. The second kappa shape index (κ2) is 7.30. The normalized spacial score (nSPS) is 12.4. The number of aryl methyl sites for hydroxylation is 1. The number of hydrogen-bond donors (Lipinski definition) is 0. The van der Waals surface area contributed by atoms with Gasteiger partial charge in [0.2, 0.25) is 0 Å². The number of halogens is 3. The highest BCUT2D eigenvalue weighted by Crippen LogP contribution is 2.32. The van der Waals surface area contributed by atoms with Gasteiger partial charge in [0, 0.05) is 13.6 Å². The summed E-state index contributed by atoms with van der Waals surface area (Å²) in [5.41, 5.74) is 0.00600. The van der Waals surface area contributed by atoms with Gasteiger partial charge in [-0.3, -0.25) is 4.68 Å². The largest absolute Gasteiger partial charge is 0.435 e. The highest BCUT2D eigenvalue weighted by Gasteiger charge is 2.35. The molecule has 0 radical (unpaired) electrons. The van der Waals surface area contributed by atoms with Crippen LogP contribution < -0.4 is 0 Å². The molecule has 9 nitrogen and oxygen atoms in total. The summed E-state index contributed by atoms with van der Waals surface area (Å²) in [4.78, 5) is 9.84. The zero-order valence-corrected chi connectivity index (χ0v) is 17.8. The number of hydrogen-bond acceptors (Lipinski definition) is 8. The maximum absolute atomic E-state index is 13.0. The van der Waals surface area contributed by atoms with Crippen molar-refractivity contribution in [2.45, 2.75) is 30.6 Å². The first-order valence-corrected chi connectivity index (χ1v) is 11.0. The van der Waals surface area contributed by atoms with E-state index in [-0.39, 0.29) is 5.69 Å². The lowest BCUT2D eigenvalue weighted by Gasteiger charge is -2.06. The topological polar surface area (TPSA) is 91.6 Å². The minimum atomic E-state index is -4.53. The van der Waals surface area contributed by atoms with Crippen molar-refractivity contribution in [1.29, 1.82) is 0 Å². The monoisotopic (exact) mass is 465 g/mol. The SMILES string of the molecule is CCn1c(SCc2nc3c4ccsc4ncn3n2)nnc1-c1cc(C(F)(F)F)nn1C. The Morgan fingerprint density at radius 3 is 2.77 bits per heavy atom. The smallest absolute Gasteiger partial charge is 0.301 e. The highest BCUT2D eigenvalue weighted by atomic mass is 32.2. The van der Waals surface area contributed by atoms with E-state index in [9.17, 15) is 13.2 Å². The molecule has 5 aromatic rings. The van der Waals surface area contributed by atoms with Crippen LogP contribution in [-0.2, 0) is 25.5 Å². The average molecular weight is 465 g/mol. The van der Waals surface area contributed by atoms with Gasteiger partial charge in [-0.15, -0.1) is 26.6 Å². The van der Waals surface area contributed by atoms with Crippen molar-refractivity contribution in [2.75, 3.05) is 0 Å². The van der Waals surface area contributed by atoms with E-state index in [4.69, 9.17) is 0 Å². The van der Waals surface area contributed by atoms with Crippen molar-refractivity contribution in [2.24, 2.45) is 7.05 Å². The van der Waals surface area contributed by atoms with Crippen LogP contribution in [0.4, 0.5) is 13.2 Å². The summed E-state index contributed by atoms with van der Waals surface area (Å²) < 4.78 is 43.6. The van der Waals surface area contributed by atoms with E-state index >= 15 is 0 Å². The summed E-state index contributed by atoms with van der Waals surface area (Å²) in [5, 5.41) is 19.7. The maximum Gasteiger partial charge on any atom is 0.435 e. The molecule has 0 unspecified atom stereocenters. The van der Waals surface area contributed by atoms with Crippen LogP contribution in [0, 0.1) is 0 Å². The quantitative estimate of drug-likeness (QED) is 0.366. The molecular formula is C17H14F3N9S2. The minimum absolute atomic E-state index is 0.241. The minimum Gasteiger partial charge on any atom is -0.301 e. The van der Waals surface area contributed by atoms with E-state index in [0.717, 1.165) is 26.6 Å². The van der Waals surface area contributed by atoms with Crippen molar-refractivity contribution >= 4 is 39.0 Å². The lowest BCUT2D eigenvalue weighted by molar-refractivity contribution is -0.141. The first-order valence-electron chi connectivity index (χ1n) is 9.10. The van der Waals surface area contributed by atoms with Gasteiger partial charge in [0.05, 0.1) is 11.1 Å². The van der Waals surface area contributed by atoms with E-state index in [1.165, 1.54) is 30.1 Å². The first-order chi connectivity index (χ1) is 14.8. The Labute approximate surface area is 180 Å². The van der Waals surface area contributed by atoms with Crippen LogP contribution in [0.5, 0.6) is 0 Å². The van der Waals surface area contributed by atoms with E-state index in [2.05, 4.69) is 30.4 Å². The van der Waals surface area contributed by atoms with Gasteiger partial charge in [-0.05, 0) is 24.4 Å². The van der Waals surface area contributed by atoms with E-state index in [0.29, 0.717) is 29.1 Å². The zero-order valence-electron chi connectivity index (χ0n) is 16.2. The maximum atomic E-state index is 13.0. The fraction of sp³-hybridized carbons (Fsp3) is 0.294. The molecule has 5 heterocycles. The number of rotatable bonds is 5.